The van der Waals surface area contributed by atoms with E-state index in [1.54, 1.807) is 6.07 Å². The molecule has 1 amide bonds. The molecular weight excluding hydrogens is 633 g/mol. The number of carbonyl (C=O) groups excluding carboxylic acids is 1. The van der Waals surface area contributed by atoms with Gasteiger partial charge >= 0.3 is 6.18 Å². The lowest BCUT2D eigenvalue weighted by atomic mass is 9.79. The van der Waals surface area contributed by atoms with Gasteiger partial charge in [0.2, 0.25) is 0 Å². The highest BCUT2D eigenvalue weighted by Gasteiger charge is 2.41. The Morgan fingerprint density at radius 3 is 2.24 bits per heavy atom. The molecule has 8 rings (SSSR count). The Kier molecular flexibility index (Phi) is 8.35. The number of nitrogens with zero attached hydrogens (tertiary/aromatic N) is 4. The van der Waals surface area contributed by atoms with Crippen molar-refractivity contribution in [3.8, 4) is 0 Å². The number of hydrogen-bond donors (Lipinski definition) is 0. The van der Waals surface area contributed by atoms with Crippen LogP contribution in [0.3, 0.4) is 0 Å². The summed E-state index contributed by atoms with van der Waals surface area (Å²) in [4.78, 5) is 21.0. The molecule has 3 heterocycles. The third-order valence-electron chi connectivity index (χ3n) is 10.7. The fourth-order valence-electron chi connectivity index (χ4n) is 8.14. The number of rotatable bonds is 7. The average Bonchev–Trinajstić information content (AvgIpc) is 3.43. The number of halogens is 3. The van der Waals surface area contributed by atoms with E-state index in [-0.39, 0.29) is 17.9 Å². The molecule has 0 aliphatic carbocycles. The Hall–Kier alpha value is -5.08. The maximum Gasteiger partial charge on any atom is 0.416 e. The van der Waals surface area contributed by atoms with E-state index < -0.39 is 11.7 Å². The number of carbonyl (C=O) groups is 1. The second kappa shape index (κ2) is 13.0. The molecule has 0 unspecified atom stereocenters. The summed E-state index contributed by atoms with van der Waals surface area (Å²) in [6.07, 6.45) is -3.63. The molecule has 2 atom stereocenters. The van der Waals surface area contributed by atoms with Crippen LogP contribution in [-0.4, -0.2) is 59.5 Å². The summed E-state index contributed by atoms with van der Waals surface area (Å²) >= 11 is 0. The molecule has 0 bridgehead atoms. The van der Waals surface area contributed by atoms with Crippen molar-refractivity contribution in [2.75, 3.05) is 44.2 Å². The van der Waals surface area contributed by atoms with Gasteiger partial charge in [-0.25, -0.2) is 0 Å². The first-order valence-corrected chi connectivity index (χ1v) is 17.3. The van der Waals surface area contributed by atoms with Crippen LogP contribution in [0.2, 0.25) is 0 Å². The van der Waals surface area contributed by atoms with Crippen LogP contribution < -0.4 is 4.90 Å². The van der Waals surface area contributed by atoms with Crippen LogP contribution in [0.15, 0.2) is 121 Å². The maximum atomic E-state index is 14.5. The summed E-state index contributed by atoms with van der Waals surface area (Å²) in [5.74, 6) is 0.0392. The van der Waals surface area contributed by atoms with Crippen molar-refractivity contribution in [2.24, 2.45) is 7.05 Å². The Morgan fingerprint density at radius 2 is 1.44 bits per heavy atom. The van der Waals surface area contributed by atoms with Crippen LogP contribution in [0.5, 0.6) is 0 Å². The third-order valence-corrected chi connectivity index (χ3v) is 10.7. The van der Waals surface area contributed by atoms with Gasteiger partial charge in [-0.05, 0) is 65.6 Å². The minimum Gasteiger partial charge on any atom is -0.369 e. The quantitative estimate of drug-likeness (QED) is 0.170. The first-order valence-electron chi connectivity index (χ1n) is 17.3. The molecule has 8 heteroatoms. The fourth-order valence-corrected chi connectivity index (χ4v) is 8.14. The fraction of sp³-hybridized carbons (Fsp3) is 0.262. The minimum absolute atomic E-state index is 0.00722. The summed E-state index contributed by atoms with van der Waals surface area (Å²) in [6.45, 7) is 3.97. The molecule has 0 spiro atoms. The number of fused-ring (bicyclic) bond motifs is 4. The van der Waals surface area contributed by atoms with Gasteiger partial charge in [-0.2, -0.15) is 13.2 Å². The maximum absolute atomic E-state index is 14.5. The number of alkyl halides is 3. The molecule has 5 nitrogen and oxygen atoms in total. The molecule has 254 valence electrons. The second-order valence-electron chi connectivity index (χ2n) is 13.6. The zero-order valence-corrected chi connectivity index (χ0v) is 28.0. The van der Waals surface area contributed by atoms with Gasteiger partial charge in [0, 0.05) is 85.3 Å². The molecule has 50 heavy (non-hydrogen) atoms. The van der Waals surface area contributed by atoms with Crippen molar-refractivity contribution in [3.63, 3.8) is 0 Å². The van der Waals surface area contributed by atoms with Crippen LogP contribution in [-0.2, 0) is 19.6 Å². The number of aryl methyl sites for hydroxylation is 1. The van der Waals surface area contributed by atoms with Gasteiger partial charge in [0.05, 0.1) is 11.6 Å². The van der Waals surface area contributed by atoms with Crippen LogP contribution in [0.25, 0.3) is 21.8 Å². The first kappa shape index (κ1) is 32.1. The Morgan fingerprint density at radius 1 is 0.720 bits per heavy atom. The number of piperazine rings is 1. The van der Waals surface area contributed by atoms with E-state index in [2.05, 4.69) is 82.1 Å². The second-order valence-corrected chi connectivity index (χ2v) is 13.6. The highest BCUT2D eigenvalue weighted by Crippen LogP contribution is 2.45. The van der Waals surface area contributed by atoms with E-state index in [9.17, 15) is 18.0 Å². The van der Waals surface area contributed by atoms with Crippen molar-refractivity contribution in [3.05, 3.63) is 149 Å². The van der Waals surface area contributed by atoms with E-state index in [1.165, 1.54) is 34.0 Å². The number of para-hydroxylation sites is 1. The molecular formula is C42H39F3N4O. The molecule has 1 fully saturated rings. The van der Waals surface area contributed by atoms with E-state index in [0.717, 1.165) is 41.2 Å². The van der Waals surface area contributed by atoms with Crippen molar-refractivity contribution in [1.29, 1.82) is 0 Å². The van der Waals surface area contributed by atoms with Gasteiger partial charge in [0.15, 0.2) is 0 Å². The normalized spacial score (nSPS) is 18.6. The monoisotopic (exact) mass is 672 g/mol. The molecule has 5 aromatic carbocycles. The molecule has 0 N–H and O–H groups in total. The van der Waals surface area contributed by atoms with Gasteiger partial charge in [-0.1, -0.05) is 78.9 Å². The van der Waals surface area contributed by atoms with Gasteiger partial charge < -0.3 is 14.4 Å². The highest BCUT2D eigenvalue weighted by molar-refractivity contribution is 6.08. The van der Waals surface area contributed by atoms with Gasteiger partial charge in [-0.3, -0.25) is 9.69 Å². The molecule has 6 aromatic rings. The Balaban J connectivity index is 1.16. The van der Waals surface area contributed by atoms with Crippen molar-refractivity contribution in [2.45, 2.75) is 24.6 Å². The lowest BCUT2D eigenvalue weighted by molar-refractivity contribution is -0.137. The Labute approximate surface area is 290 Å². The summed E-state index contributed by atoms with van der Waals surface area (Å²) < 4.78 is 42.6. The lowest BCUT2D eigenvalue weighted by Gasteiger charge is -2.45. The van der Waals surface area contributed by atoms with E-state index >= 15 is 0 Å². The van der Waals surface area contributed by atoms with Crippen LogP contribution in [0.1, 0.15) is 44.6 Å². The largest absolute Gasteiger partial charge is 0.416 e. The summed E-state index contributed by atoms with van der Waals surface area (Å²) in [7, 11) is 2.10. The molecule has 0 radical (unpaired) electrons. The number of amides is 1. The number of hydrogen-bond acceptors (Lipinski definition) is 3. The van der Waals surface area contributed by atoms with Crippen molar-refractivity contribution >= 4 is 33.4 Å². The highest BCUT2D eigenvalue weighted by atomic mass is 19.4. The molecule has 1 aromatic heterocycles. The van der Waals surface area contributed by atoms with Crippen molar-refractivity contribution < 1.29 is 18.0 Å². The molecule has 2 aliphatic heterocycles. The SMILES string of the molecule is Cn1c2ccccc2c2cc([C@@H]3[C@@H](CN4CCN(c5cccc(C(F)(F)F)c5)CC4)c4ccccc4C(=O)N3CCc3ccccc3)ccc21. The van der Waals surface area contributed by atoms with Gasteiger partial charge in [-0.15, -0.1) is 0 Å². The van der Waals surface area contributed by atoms with E-state index in [4.69, 9.17) is 0 Å². The standard InChI is InChI=1S/C42H39F3N4O/c1-46-38-17-8-7-15-34(38)36-26-30(18-19-39(36)46)40-37(28-47-22-24-48(25-23-47)32-13-9-12-31(27-32)42(43,44)45)33-14-5-6-16-35(33)41(50)49(40)21-20-29-10-3-2-4-11-29/h2-19,26-27,37,40H,20-25,28H2,1H3/t37-,40+/m0/s1. The first-order chi connectivity index (χ1) is 24.3. The minimum atomic E-state index is -4.37. The van der Waals surface area contributed by atoms with E-state index in [1.807, 2.05) is 41.3 Å². The summed E-state index contributed by atoms with van der Waals surface area (Å²) in [5, 5.41) is 2.36. The van der Waals surface area contributed by atoms with Crippen LogP contribution >= 0.6 is 0 Å². The average molecular weight is 673 g/mol. The van der Waals surface area contributed by atoms with Gasteiger partial charge in [0.25, 0.3) is 5.91 Å². The molecule has 0 saturated carbocycles. The number of anilines is 1. The van der Waals surface area contributed by atoms with Crippen LogP contribution in [0.4, 0.5) is 18.9 Å². The zero-order valence-electron chi connectivity index (χ0n) is 28.0. The topological polar surface area (TPSA) is 31.7 Å². The molecule has 1 saturated heterocycles. The summed E-state index contributed by atoms with van der Waals surface area (Å²) in [6, 6.07) is 38.9. The summed E-state index contributed by atoms with van der Waals surface area (Å²) in [5.41, 5.74) is 6.38. The van der Waals surface area contributed by atoms with Gasteiger partial charge in [0.1, 0.15) is 0 Å². The van der Waals surface area contributed by atoms with Crippen molar-refractivity contribution in [1.82, 2.24) is 14.4 Å². The third kappa shape index (κ3) is 5.92. The predicted molar refractivity (Wildman–Crippen MR) is 194 cm³/mol. The van der Waals surface area contributed by atoms with Crippen LogP contribution in [0, 0.1) is 0 Å². The molecule has 2 aliphatic rings. The predicted octanol–water partition coefficient (Wildman–Crippen LogP) is 8.70. The zero-order chi connectivity index (χ0) is 34.4. The number of benzene rings is 5. The smallest absolute Gasteiger partial charge is 0.369 e. The number of aromatic nitrogens is 1. The Bertz CT molecular complexity index is 2170. The van der Waals surface area contributed by atoms with E-state index in [0.29, 0.717) is 38.4 Å². The lowest BCUT2D eigenvalue weighted by Crippen LogP contribution is -2.51.